The van der Waals surface area contributed by atoms with Crippen LogP contribution in [0.1, 0.15) is 26.7 Å². The van der Waals surface area contributed by atoms with Gasteiger partial charge in [0, 0.05) is 36.3 Å². The van der Waals surface area contributed by atoms with Crippen molar-refractivity contribution in [1.82, 2.24) is 20.8 Å². The molecule has 0 radical (unpaired) electrons. The molecule has 2 aromatic heterocycles. The molecule has 0 aliphatic rings. The van der Waals surface area contributed by atoms with Crippen molar-refractivity contribution in [3.63, 3.8) is 0 Å². The lowest BCUT2D eigenvalue weighted by atomic mass is 10.1. The van der Waals surface area contributed by atoms with Crippen molar-refractivity contribution in [2.75, 3.05) is 13.1 Å². The summed E-state index contributed by atoms with van der Waals surface area (Å²) in [6, 6.07) is 11.0. The van der Waals surface area contributed by atoms with Crippen LogP contribution >= 0.6 is 11.3 Å². The Hall–Kier alpha value is -3.00. The summed E-state index contributed by atoms with van der Waals surface area (Å²) in [5, 5.41) is 11.5. The number of hydrogen-bond donors (Lipinski definition) is 2. The van der Waals surface area contributed by atoms with Crippen molar-refractivity contribution in [1.29, 1.82) is 0 Å². The number of carbonyl (C=O) groups is 2. The van der Waals surface area contributed by atoms with Crippen molar-refractivity contribution in [2.45, 2.75) is 6.42 Å². The van der Waals surface area contributed by atoms with Crippen LogP contribution in [0.2, 0.25) is 0 Å². The molecule has 128 valence electrons. The van der Waals surface area contributed by atoms with Gasteiger partial charge in [0.2, 0.25) is 0 Å². The minimum atomic E-state index is -0.308. The van der Waals surface area contributed by atoms with Crippen molar-refractivity contribution >= 4 is 23.2 Å². The van der Waals surface area contributed by atoms with Crippen LogP contribution in [0.15, 0.2) is 52.5 Å². The summed E-state index contributed by atoms with van der Waals surface area (Å²) in [6.07, 6.45) is 2.19. The zero-order chi connectivity index (χ0) is 17.5. The highest BCUT2D eigenvalue weighted by Gasteiger charge is 2.13. The molecule has 2 amide bonds. The van der Waals surface area contributed by atoms with E-state index < -0.39 is 0 Å². The van der Waals surface area contributed by atoms with Gasteiger partial charge >= 0.3 is 0 Å². The fourth-order valence-electron chi connectivity index (χ4n) is 2.11. The fraction of sp³-hybridized carbons (Fsp3) is 0.176. The number of benzene rings is 1. The van der Waals surface area contributed by atoms with Crippen LogP contribution in [-0.2, 0) is 0 Å². The van der Waals surface area contributed by atoms with Crippen LogP contribution in [0, 0.1) is 0 Å². The van der Waals surface area contributed by atoms with E-state index in [0.29, 0.717) is 30.3 Å². The molecule has 0 atom stereocenters. The van der Waals surface area contributed by atoms with Crippen LogP contribution in [0.5, 0.6) is 0 Å². The van der Waals surface area contributed by atoms with Crippen molar-refractivity contribution in [3.8, 4) is 11.3 Å². The maximum atomic E-state index is 12.0. The van der Waals surface area contributed by atoms with E-state index in [4.69, 9.17) is 4.52 Å². The minimum absolute atomic E-state index is 0.203. The maximum Gasteiger partial charge on any atom is 0.280 e. The van der Waals surface area contributed by atoms with Crippen molar-refractivity contribution in [2.24, 2.45) is 0 Å². The highest BCUT2D eigenvalue weighted by atomic mass is 32.1. The Bertz CT molecular complexity index is 831. The average Bonchev–Trinajstić information content (AvgIpc) is 3.34. The topological polar surface area (TPSA) is 97.1 Å². The smallest absolute Gasteiger partial charge is 0.280 e. The standard InChI is InChI=1S/C17H16N4O3S/c22-15(13-11-14(24-21-13)12-5-2-1-3-6-12)18-7-4-8-19-16(23)17-20-9-10-25-17/h1-3,5-6,9-11H,4,7-8H2,(H,18,22)(H,19,23). The highest BCUT2D eigenvalue weighted by Crippen LogP contribution is 2.19. The normalized spacial score (nSPS) is 10.4. The molecule has 0 spiro atoms. The minimum Gasteiger partial charge on any atom is -0.355 e. The average molecular weight is 356 g/mol. The predicted molar refractivity (Wildman–Crippen MR) is 93.3 cm³/mol. The van der Waals surface area contributed by atoms with Gasteiger partial charge in [-0.2, -0.15) is 0 Å². The zero-order valence-electron chi connectivity index (χ0n) is 13.3. The molecule has 2 N–H and O–H groups in total. The summed E-state index contributed by atoms with van der Waals surface area (Å²) in [4.78, 5) is 27.7. The number of nitrogens with one attached hydrogen (secondary N) is 2. The number of nitrogens with zero attached hydrogens (tertiary/aromatic N) is 2. The third-order valence-electron chi connectivity index (χ3n) is 3.35. The van der Waals surface area contributed by atoms with Crippen LogP contribution < -0.4 is 10.6 Å². The summed E-state index contributed by atoms with van der Waals surface area (Å²) < 4.78 is 5.20. The molecule has 8 heteroatoms. The van der Waals surface area contributed by atoms with Gasteiger partial charge in [-0.15, -0.1) is 11.3 Å². The Morgan fingerprint density at radius 1 is 1.08 bits per heavy atom. The van der Waals surface area contributed by atoms with E-state index >= 15 is 0 Å². The molecule has 0 aliphatic carbocycles. The number of rotatable bonds is 7. The Morgan fingerprint density at radius 2 is 1.84 bits per heavy atom. The zero-order valence-corrected chi connectivity index (χ0v) is 14.1. The first-order chi connectivity index (χ1) is 12.2. The summed E-state index contributed by atoms with van der Waals surface area (Å²) in [7, 11) is 0. The first kappa shape index (κ1) is 16.8. The SMILES string of the molecule is O=C(NCCCNC(=O)c1nccs1)c1cc(-c2ccccc2)on1. The fourth-order valence-corrected chi connectivity index (χ4v) is 2.67. The van der Waals surface area contributed by atoms with Gasteiger partial charge in [-0.25, -0.2) is 4.98 Å². The molecule has 0 unspecified atom stereocenters. The lowest BCUT2D eigenvalue weighted by Gasteiger charge is -2.04. The molecule has 7 nitrogen and oxygen atoms in total. The molecule has 1 aromatic carbocycles. The second kappa shape index (κ2) is 8.20. The summed E-state index contributed by atoms with van der Waals surface area (Å²) in [5.41, 5.74) is 1.09. The molecular weight excluding hydrogens is 340 g/mol. The monoisotopic (exact) mass is 356 g/mol. The van der Waals surface area contributed by atoms with Gasteiger partial charge < -0.3 is 15.2 Å². The van der Waals surface area contributed by atoms with Crippen molar-refractivity contribution < 1.29 is 14.1 Å². The number of thiazole rings is 1. The van der Waals surface area contributed by atoms with E-state index in [0.717, 1.165) is 5.56 Å². The largest absolute Gasteiger partial charge is 0.355 e. The third-order valence-corrected chi connectivity index (χ3v) is 4.12. The van der Waals surface area contributed by atoms with E-state index in [2.05, 4.69) is 20.8 Å². The second-order valence-corrected chi connectivity index (χ2v) is 6.04. The van der Waals surface area contributed by atoms with E-state index in [9.17, 15) is 9.59 Å². The molecule has 3 rings (SSSR count). The van der Waals surface area contributed by atoms with Gasteiger partial charge in [0.05, 0.1) is 0 Å². The maximum absolute atomic E-state index is 12.0. The molecule has 3 aromatic rings. The lowest BCUT2D eigenvalue weighted by Crippen LogP contribution is -2.30. The molecule has 0 bridgehead atoms. The predicted octanol–water partition coefficient (Wildman–Crippen LogP) is 2.35. The first-order valence-corrected chi connectivity index (χ1v) is 8.60. The van der Waals surface area contributed by atoms with E-state index in [1.165, 1.54) is 11.3 Å². The Balaban J connectivity index is 1.41. The number of aromatic nitrogens is 2. The van der Waals surface area contributed by atoms with Gasteiger partial charge in [0.1, 0.15) is 0 Å². The van der Waals surface area contributed by atoms with Gasteiger partial charge in [0.25, 0.3) is 11.8 Å². The first-order valence-electron chi connectivity index (χ1n) is 7.72. The van der Waals surface area contributed by atoms with Gasteiger partial charge in [-0.3, -0.25) is 9.59 Å². The van der Waals surface area contributed by atoms with Crippen LogP contribution in [-0.4, -0.2) is 35.0 Å². The van der Waals surface area contributed by atoms with E-state index in [-0.39, 0.29) is 17.5 Å². The quantitative estimate of drug-likeness (QED) is 0.633. The molecule has 25 heavy (non-hydrogen) atoms. The molecule has 0 saturated heterocycles. The van der Waals surface area contributed by atoms with Crippen LogP contribution in [0.4, 0.5) is 0 Å². The van der Waals surface area contributed by atoms with Crippen LogP contribution in [0.3, 0.4) is 0 Å². The molecule has 2 heterocycles. The highest BCUT2D eigenvalue weighted by molar-refractivity contribution is 7.11. The lowest BCUT2D eigenvalue weighted by molar-refractivity contribution is 0.0944. The van der Waals surface area contributed by atoms with Crippen molar-refractivity contribution in [3.05, 3.63) is 58.7 Å². The van der Waals surface area contributed by atoms with Gasteiger partial charge in [-0.1, -0.05) is 35.5 Å². The van der Waals surface area contributed by atoms with E-state index in [1.807, 2.05) is 30.3 Å². The molecular formula is C17H16N4O3S. The molecule has 0 aliphatic heterocycles. The van der Waals surface area contributed by atoms with Crippen LogP contribution in [0.25, 0.3) is 11.3 Å². The Kier molecular flexibility index (Phi) is 5.53. The summed E-state index contributed by atoms with van der Waals surface area (Å²) in [5.74, 6) is 0.0315. The summed E-state index contributed by atoms with van der Waals surface area (Å²) in [6.45, 7) is 0.872. The van der Waals surface area contributed by atoms with E-state index in [1.54, 1.807) is 17.6 Å². The van der Waals surface area contributed by atoms with Gasteiger partial charge in [0.15, 0.2) is 16.5 Å². The number of hydrogen-bond acceptors (Lipinski definition) is 6. The number of carbonyl (C=O) groups excluding carboxylic acids is 2. The molecule has 0 saturated carbocycles. The number of amides is 2. The molecule has 0 fully saturated rings. The Labute approximate surface area is 148 Å². The Morgan fingerprint density at radius 3 is 2.56 bits per heavy atom. The second-order valence-electron chi connectivity index (χ2n) is 5.15. The third kappa shape index (κ3) is 4.51. The summed E-state index contributed by atoms with van der Waals surface area (Å²) >= 11 is 1.29. The van der Waals surface area contributed by atoms with Gasteiger partial charge in [-0.05, 0) is 6.42 Å².